The van der Waals surface area contributed by atoms with E-state index in [2.05, 4.69) is 10.1 Å². The Morgan fingerprint density at radius 1 is 1.00 bits per heavy atom. The lowest BCUT2D eigenvalue weighted by atomic mass is 10.0. The Hall–Kier alpha value is -1.99. The van der Waals surface area contributed by atoms with Crippen LogP contribution >= 0.6 is 0 Å². The van der Waals surface area contributed by atoms with Crippen molar-refractivity contribution in [1.82, 2.24) is 5.32 Å². The summed E-state index contributed by atoms with van der Waals surface area (Å²) in [4.78, 5) is 35.0. The molecule has 0 radical (unpaired) electrons. The van der Waals surface area contributed by atoms with Crippen LogP contribution in [0.2, 0.25) is 0 Å². The number of esters is 1. The van der Waals surface area contributed by atoms with Crippen molar-refractivity contribution >= 4 is 18.2 Å². The van der Waals surface area contributed by atoms with Crippen LogP contribution < -0.4 is 5.32 Å². The number of ether oxygens (including phenoxy) is 4. The first-order chi connectivity index (χ1) is 10.2. The molecule has 0 heterocycles. The van der Waals surface area contributed by atoms with Crippen LogP contribution in [-0.4, -0.2) is 50.2 Å². The Labute approximate surface area is 130 Å². The quantitative estimate of drug-likeness (QED) is 0.538. The summed E-state index contributed by atoms with van der Waals surface area (Å²) < 4.78 is 19.3. The van der Waals surface area contributed by atoms with Crippen LogP contribution in [0.5, 0.6) is 0 Å². The first-order valence-corrected chi connectivity index (χ1v) is 7.16. The third-order valence-electron chi connectivity index (χ3n) is 2.39. The minimum absolute atomic E-state index is 0.127. The summed E-state index contributed by atoms with van der Waals surface area (Å²) >= 11 is 0. The third kappa shape index (κ3) is 7.70. The summed E-state index contributed by atoms with van der Waals surface area (Å²) in [7, 11) is 0. The second kappa shape index (κ2) is 9.86. The van der Waals surface area contributed by atoms with Crippen LogP contribution in [0.25, 0.3) is 0 Å². The average Bonchev–Trinajstić information content (AvgIpc) is 2.43. The molecule has 0 saturated heterocycles. The van der Waals surface area contributed by atoms with E-state index in [9.17, 15) is 14.4 Å². The average molecular weight is 319 g/mol. The lowest BCUT2D eigenvalue weighted by Crippen LogP contribution is -2.56. The number of amides is 1. The SMILES string of the molecule is CCOC(=O)NC(C)(COC(=O)OCC)C(=O)OCC(C)C. The molecule has 0 bridgehead atoms. The van der Waals surface area contributed by atoms with Crippen molar-refractivity contribution < 1.29 is 33.3 Å². The van der Waals surface area contributed by atoms with Crippen molar-refractivity contribution in [3.05, 3.63) is 0 Å². The van der Waals surface area contributed by atoms with E-state index in [1.54, 1.807) is 13.8 Å². The second-order valence-electron chi connectivity index (χ2n) is 5.14. The number of alkyl carbamates (subject to hydrolysis) is 1. The number of nitrogens with one attached hydrogen (secondary N) is 1. The van der Waals surface area contributed by atoms with E-state index in [0.717, 1.165) is 0 Å². The summed E-state index contributed by atoms with van der Waals surface area (Å²) in [6.07, 6.45) is -1.74. The molecule has 0 fully saturated rings. The smallest absolute Gasteiger partial charge is 0.464 e. The van der Waals surface area contributed by atoms with E-state index in [4.69, 9.17) is 14.2 Å². The van der Waals surface area contributed by atoms with Crippen LogP contribution in [0.15, 0.2) is 0 Å². The number of hydrogen-bond donors (Lipinski definition) is 1. The van der Waals surface area contributed by atoms with Crippen molar-refractivity contribution in [2.45, 2.75) is 40.2 Å². The van der Waals surface area contributed by atoms with Gasteiger partial charge in [0.2, 0.25) is 0 Å². The summed E-state index contributed by atoms with van der Waals surface area (Å²) in [5.41, 5.74) is -1.56. The van der Waals surface area contributed by atoms with E-state index >= 15 is 0 Å². The molecule has 0 aromatic carbocycles. The minimum Gasteiger partial charge on any atom is -0.464 e. The van der Waals surface area contributed by atoms with Gasteiger partial charge >= 0.3 is 18.2 Å². The summed E-state index contributed by atoms with van der Waals surface area (Å²) in [6, 6.07) is 0. The predicted molar refractivity (Wildman–Crippen MR) is 77.3 cm³/mol. The van der Waals surface area contributed by atoms with E-state index in [1.807, 2.05) is 13.8 Å². The summed E-state index contributed by atoms with van der Waals surface area (Å²) in [6.45, 7) is 8.40. The van der Waals surface area contributed by atoms with E-state index in [1.165, 1.54) is 6.92 Å². The van der Waals surface area contributed by atoms with Crippen molar-refractivity contribution in [3.8, 4) is 0 Å². The highest BCUT2D eigenvalue weighted by molar-refractivity contribution is 5.85. The molecule has 0 rings (SSSR count). The van der Waals surface area contributed by atoms with Crippen molar-refractivity contribution in [1.29, 1.82) is 0 Å². The van der Waals surface area contributed by atoms with Crippen molar-refractivity contribution in [3.63, 3.8) is 0 Å². The number of carbonyl (C=O) groups is 3. The largest absolute Gasteiger partial charge is 0.508 e. The molecular weight excluding hydrogens is 294 g/mol. The minimum atomic E-state index is -1.56. The van der Waals surface area contributed by atoms with Gasteiger partial charge in [0.1, 0.15) is 6.61 Å². The van der Waals surface area contributed by atoms with Gasteiger partial charge in [0.05, 0.1) is 19.8 Å². The highest BCUT2D eigenvalue weighted by atomic mass is 16.7. The maximum Gasteiger partial charge on any atom is 0.508 e. The molecular formula is C14H25NO7. The van der Waals surface area contributed by atoms with E-state index < -0.39 is 30.4 Å². The third-order valence-corrected chi connectivity index (χ3v) is 2.39. The van der Waals surface area contributed by atoms with Crippen molar-refractivity contribution in [2.75, 3.05) is 26.4 Å². The molecule has 1 atom stereocenters. The standard InChI is InChI=1S/C14H25NO7/c1-6-19-12(17)15-14(5,9-22-13(18)20-7-2)11(16)21-8-10(3)4/h10H,6-9H2,1-5H3,(H,15,17). The first-order valence-electron chi connectivity index (χ1n) is 7.16. The van der Waals surface area contributed by atoms with Gasteiger partial charge in [-0.1, -0.05) is 13.8 Å². The van der Waals surface area contributed by atoms with Gasteiger partial charge in [-0.3, -0.25) is 0 Å². The molecule has 1 amide bonds. The maximum absolute atomic E-state index is 12.2. The Balaban J connectivity index is 4.83. The molecule has 0 aromatic rings. The lowest BCUT2D eigenvalue weighted by Gasteiger charge is -2.27. The summed E-state index contributed by atoms with van der Waals surface area (Å²) in [5, 5.41) is 2.35. The lowest BCUT2D eigenvalue weighted by molar-refractivity contribution is -0.153. The zero-order valence-electron chi connectivity index (χ0n) is 13.8. The molecule has 8 nitrogen and oxygen atoms in total. The molecule has 0 saturated carbocycles. The molecule has 1 unspecified atom stereocenters. The monoisotopic (exact) mass is 319 g/mol. The van der Waals surface area contributed by atoms with Gasteiger partial charge < -0.3 is 24.3 Å². The molecule has 22 heavy (non-hydrogen) atoms. The van der Waals surface area contributed by atoms with Crippen molar-refractivity contribution in [2.24, 2.45) is 5.92 Å². The van der Waals surface area contributed by atoms with Gasteiger partial charge in [0.25, 0.3) is 0 Å². The van der Waals surface area contributed by atoms with Crippen LogP contribution in [0.1, 0.15) is 34.6 Å². The maximum atomic E-state index is 12.2. The van der Waals surface area contributed by atoms with Gasteiger partial charge in [-0.15, -0.1) is 0 Å². The zero-order chi connectivity index (χ0) is 17.2. The van der Waals surface area contributed by atoms with Gasteiger partial charge in [0, 0.05) is 0 Å². The Kier molecular flexibility index (Phi) is 8.97. The summed E-state index contributed by atoms with van der Waals surface area (Å²) in [5.74, 6) is -0.597. The second-order valence-corrected chi connectivity index (χ2v) is 5.14. The zero-order valence-corrected chi connectivity index (χ0v) is 13.8. The molecule has 0 aliphatic rings. The van der Waals surface area contributed by atoms with Gasteiger partial charge in [0.15, 0.2) is 5.54 Å². The van der Waals surface area contributed by atoms with Gasteiger partial charge in [-0.2, -0.15) is 0 Å². The molecule has 0 aromatic heterocycles. The van der Waals surface area contributed by atoms with E-state index in [0.29, 0.717) is 0 Å². The Morgan fingerprint density at radius 3 is 2.09 bits per heavy atom. The fourth-order valence-corrected chi connectivity index (χ4v) is 1.30. The normalized spacial score (nSPS) is 13.0. The highest BCUT2D eigenvalue weighted by Crippen LogP contribution is 2.10. The first kappa shape index (κ1) is 20.0. The molecule has 0 spiro atoms. The fourth-order valence-electron chi connectivity index (χ4n) is 1.30. The number of hydrogen-bond acceptors (Lipinski definition) is 7. The Bertz CT molecular complexity index is 383. The molecule has 1 N–H and O–H groups in total. The molecule has 128 valence electrons. The number of carbonyl (C=O) groups excluding carboxylic acids is 3. The van der Waals surface area contributed by atoms with Crippen LogP contribution in [-0.2, 0) is 23.7 Å². The molecule has 8 heteroatoms. The Morgan fingerprint density at radius 2 is 1.59 bits per heavy atom. The molecule has 0 aliphatic carbocycles. The topological polar surface area (TPSA) is 100 Å². The van der Waals surface area contributed by atoms with E-state index in [-0.39, 0.29) is 25.7 Å². The fraction of sp³-hybridized carbons (Fsp3) is 0.786. The van der Waals surface area contributed by atoms with Crippen LogP contribution in [0.4, 0.5) is 9.59 Å². The van der Waals surface area contributed by atoms with Crippen LogP contribution in [0, 0.1) is 5.92 Å². The number of rotatable bonds is 8. The van der Waals surface area contributed by atoms with Crippen LogP contribution in [0.3, 0.4) is 0 Å². The predicted octanol–water partition coefficient (Wildman–Crippen LogP) is 1.86. The molecule has 0 aliphatic heterocycles. The van der Waals surface area contributed by atoms with Gasteiger partial charge in [-0.05, 0) is 26.7 Å². The van der Waals surface area contributed by atoms with Gasteiger partial charge in [-0.25, -0.2) is 14.4 Å². The highest BCUT2D eigenvalue weighted by Gasteiger charge is 2.39.